The Labute approximate surface area is 236 Å². The lowest BCUT2D eigenvalue weighted by atomic mass is 10.1. The molecule has 10 nitrogen and oxygen atoms in total. The lowest BCUT2D eigenvalue weighted by Crippen LogP contribution is -2.42. The molecule has 3 rings (SSSR count). The molecule has 1 aliphatic rings. The van der Waals surface area contributed by atoms with Crippen molar-refractivity contribution in [1.82, 2.24) is 19.8 Å². The Morgan fingerprint density at radius 1 is 1.10 bits per heavy atom. The molecule has 1 fully saturated rings. The van der Waals surface area contributed by atoms with E-state index in [4.69, 9.17) is 4.74 Å². The van der Waals surface area contributed by atoms with Gasteiger partial charge in [-0.15, -0.1) is 0 Å². The van der Waals surface area contributed by atoms with E-state index in [1.165, 1.54) is 20.8 Å². The van der Waals surface area contributed by atoms with Gasteiger partial charge in [0.2, 0.25) is 0 Å². The number of pyridine rings is 2. The van der Waals surface area contributed by atoms with Crippen LogP contribution >= 0.6 is 0 Å². The number of nitrogens with zero attached hydrogens (tertiary/aromatic N) is 6. The third kappa shape index (κ3) is 7.36. The standard InChI is InChI=1S/C25H29F7N6O4/c1-13(2)38(19-7-6-17(26)14(3)33-19)23(41)42-20-16(24(27,28)29)10-18(25(30,31)32)34-21(20)37-9-8-36(22(37)40)12-15(39)11-35(4)5/h6-7,10,13,15,39H,8-9,11-12H2,1-5H3. The van der Waals surface area contributed by atoms with Gasteiger partial charge >= 0.3 is 24.5 Å². The highest BCUT2D eigenvalue weighted by atomic mass is 19.4. The SMILES string of the molecule is Cc1nc(N(C(=O)Oc2c(C(F)(F)F)cc(C(F)(F)F)nc2N2CCN(CC(O)CN(C)C)C2=O)C(C)C)ccc1F. The quantitative estimate of drug-likeness (QED) is 0.438. The highest BCUT2D eigenvalue weighted by Gasteiger charge is 2.45. The van der Waals surface area contributed by atoms with Gasteiger partial charge in [-0.05, 0) is 53.1 Å². The van der Waals surface area contributed by atoms with Gasteiger partial charge in [-0.2, -0.15) is 26.3 Å². The summed E-state index contributed by atoms with van der Waals surface area (Å²) in [7, 11) is 3.30. The molecular formula is C25H29F7N6O4. The third-order valence-corrected chi connectivity index (χ3v) is 6.06. The van der Waals surface area contributed by atoms with Crippen LogP contribution in [-0.4, -0.2) is 89.4 Å². The molecule has 42 heavy (non-hydrogen) atoms. The van der Waals surface area contributed by atoms with Crippen molar-refractivity contribution in [2.24, 2.45) is 0 Å². The van der Waals surface area contributed by atoms with Crippen LogP contribution in [0.2, 0.25) is 0 Å². The molecular weight excluding hydrogens is 581 g/mol. The van der Waals surface area contributed by atoms with Gasteiger partial charge in [0.25, 0.3) is 0 Å². The van der Waals surface area contributed by atoms with Gasteiger partial charge < -0.3 is 19.6 Å². The van der Waals surface area contributed by atoms with E-state index in [0.29, 0.717) is 4.90 Å². The summed E-state index contributed by atoms with van der Waals surface area (Å²) in [5, 5.41) is 10.2. The van der Waals surface area contributed by atoms with Crippen molar-refractivity contribution in [1.29, 1.82) is 0 Å². The van der Waals surface area contributed by atoms with E-state index < -0.39 is 71.8 Å². The van der Waals surface area contributed by atoms with Crippen molar-refractivity contribution in [3.05, 3.63) is 41.0 Å². The number of likely N-dealkylation sites (N-methyl/N-ethyl adjacent to an activating group) is 1. The molecule has 0 aromatic carbocycles. The van der Waals surface area contributed by atoms with Crippen LogP contribution in [0.4, 0.5) is 52.0 Å². The van der Waals surface area contributed by atoms with E-state index >= 15 is 0 Å². The number of anilines is 2. The number of ether oxygens (including phenoxy) is 1. The number of aryl methyl sites for hydroxylation is 1. The Hall–Kier alpha value is -3.73. The second kappa shape index (κ2) is 12.2. The molecule has 2 aromatic heterocycles. The van der Waals surface area contributed by atoms with Gasteiger partial charge in [-0.25, -0.2) is 23.9 Å². The molecule has 0 radical (unpaired) electrons. The van der Waals surface area contributed by atoms with Crippen molar-refractivity contribution in [2.45, 2.75) is 45.3 Å². The summed E-state index contributed by atoms with van der Waals surface area (Å²) in [6, 6.07) is -0.153. The summed E-state index contributed by atoms with van der Waals surface area (Å²) in [4.78, 5) is 37.6. The van der Waals surface area contributed by atoms with Gasteiger partial charge in [0, 0.05) is 32.2 Å². The number of carbonyl (C=O) groups is 2. The maximum absolute atomic E-state index is 14.2. The van der Waals surface area contributed by atoms with Crippen LogP contribution in [0, 0.1) is 12.7 Å². The third-order valence-electron chi connectivity index (χ3n) is 6.06. The number of urea groups is 1. The van der Waals surface area contributed by atoms with Crippen molar-refractivity contribution < 1.29 is 50.2 Å². The molecule has 0 saturated carbocycles. The maximum Gasteiger partial charge on any atom is 0.433 e. The largest absolute Gasteiger partial charge is 0.433 e. The van der Waals surface area contributed by atoms with Gasteiger partial charge in [0.1, 0.15) is 22.9 Å². The number of hydrogen-bond donors (Lipinski definition) is 1. The summed E-state index contributed by atoms with van der Waals surface area (Å²) in [5.74, 6) is -3.56. The van der Waals surface area contributed by atoms with E-state index in [2.05, 4.69) is 9.97 Å². The Morgan fingerprint density at radius 2 is 1.74 bits per heavy atom. The number of aliphatic hydroxyl groups is 1. The molecule has 1 atom stereocenters. The molecule has 1 saturated heterocycles. The van der Waals surface area contributed by atoms with Crippen LogP contribution in [0.3, 0.4) is 0 Å². The molecule has 232 valence electrons. The second-order valence-corrected chi connectivity index (χ2v) is 10.1. The van der Waals surface area contributed by atoms with Gasteiger partial charge in [-0.1, -0.05) is 0 Å². The van der Waals surface area contributed by atoms with Crippen LogP contribution in [0.5, 0.6) is 5.75 Å². The zero-order chi connectivity index (χ0) is 31.7. The van der Waals surface area contributed by atoms with E-state index in [9.17, 15) is 45.4 Å². The fraction of sp³-hybridized carbons (Fsp3) is 0.520. The number of hydrogen-bond acceptors (Lipinski definition) is 7. The molecule has 3 heterocycles. The number of rotatable bonds is 8. The number of aliphatic hydroxyl groups excluding tert-OH is 1. The summed E-state index contributed by atoms with van der Waals surface area (Å²) in [6.07, 6.45) is -13.4. The molecule has 17 heteroatoms. The van der Waals surface area contributed by atoms with Crippen molar-refractivity contribution in [2.75, 3.05) is 50.1 Å². The van der Waals surface area contributed by atoms with Crippen LogP contribution in [0.25, 0.3) is 0 Å². The van der Waals surface area contributed by atoms with Crippen molar-refractivity contribution in [3.8, 4) is 5.75 Å². The average molecular weight is 611 g/mol. The Balaban J connectivity index is 2.13. The molecule has 2 aromatic rings. The minimum absolute atomic E-state index is 0.120. The number of alkyl halides is 6. The molecule has 0 bridgehead atoms. The van der Waals surface area contributed by atoms with Crippen LogP contribution in [-0.2, 0) is 12.4 Å². The minimum atomic E-state index is -5.48. The highest BCUT2D eigenvalue weighted by Crippen LogP contribution is 2.45. The van der Waals surface area contributed by atoms with Gasteiger partial charge in [-0.3, -0.25) is 9.80 Å². The van der Waals surface area contributed by atoms with Crippen LogP contribution < -0.4 is 14.5 Å². The molecule has 0 aliphatic carbocycles. The molecule has 1 aliphatic heterocycles. The summed E-state index contributed by atoms with van der Waals surface area (Å²) in [5.41, 5.74) is -4.11. The Morgan fingerprint density at radius 3 is 2.26 bits per heavy atom. The normalized spacial score (nSPS) is 15.2. The first-order chi connectivity index (χ1) is 19.3. The highest BCUT2D eigenvalue weighted by molar-refractivity contribution is 5.96. The monoisotopic (exact) mass is 610 g/mol. The zero-order valence-corrected chi connectivity index (χ0v) is 23.2. The molecule has 1 N–H and O–H groups in total. The van der Waals surface area contributed by atoms with Crippen molar-refractivity contribution >= 4 is 23.8 Å². The maximum atomic E-state index is 14.2. The van der Waals surface area contributed by atoms with E-state index in [0.717, 1.165) is 21.9 Å². The second-order valence-electron chi connectivity index (χ2n) is 10.1. The predicted molar refractivity (Wildman–Crippen MR) is 136 cm³/mol. The van der Waals surface area contributed by atoms with Crippen molar-refractivity contribution in [3.63, 3.8) is 0 Å². The first-order valence-electron chi connectivity index (χ1n) is 12.5. The Bertz CT molecular complexity index is 1320. The van der Waals surface area contributed by atoms with Crippen LogP contribution in [0.1, 0.15) is 30.8 Å². The van der Waals surface area contributed by atoms with Crippen LogP contribution in [0.15, 0.2) is 18.2 Å². The van der Waals surface area contributed by atoms with E-state index in [-0.39, 0.29) is 37.2 Å². The average Bonchev–Trinajstić information content (AvgIpc) is 3.18. The first-order valence-corrected chi connectivity index (χ1v) is 12.5. The number of β-amino-alcohol motifs (C(OH)–C–C–N with tert-alkyl or cyclic N) is 1. The number of carbonyl (C=O) groups excluding carboxylic acids is 2. The predicted octanol–water partition coefficient (Wildman–Crippen LogP) is 4.54. The fourth-order valence-corrected chi connectivity index (χ4v) is 4.21. The van der Waals surface area contributed by atoms with E-state index in [1.807, 2.05) is 0 Å². The first kappa shape index (κ1) is 32.8. The molecule has 0 spiro atoms. The molecule has 1 unspecified atom stereocenters. The van der Waals surface area contributed by atoms with Gasteiger partial charge in [0.05, 0.1) is 11.8 Å². The minimum Gasteiger partial charge on any atom is -0.405 e. The number of amides is 3. The Kier molecular flexibility index (Phi) is 9.56. The summed E-state index contributed by atoms with van der Waals surface area (Å²) < 4.78 is 102. The number of halogens is 7. The molecule has 3 amide bonds. The summed E-state index contributed by atoms with van der Waals surface area (Å²) >= 11 is 0. The lowest BCUT2D eigenvalue weighted by Gasteiger charge is -2.28. The van der Waals surface area contributed by atoms with Gasteiger partial charge in [0.15, 0.2) is 11.6 Å². The summed E-state index contributed by atoms with van der Waals surface area (Å²) in [6.45, 7) is 3.42. The zero-order valence-electron chi connectivity index (χ0n) is 23.2. The smallest absolute Gasteiger partial charge is 0.405 e. The number of aromatic nitrogens is 2. The lowest BCUT2D eigenvalue weighted by molar-refractivity contribution is -0.145. The fourth-order valence-electron chi connectivity index (χ4n) is 4.21. The topological polar surface area (TPSA) is 102 Å². The van der Waals surface area contributed by atoms with E-state index in [1.54, 1.807) is 19.0 Å².